The highest BCUT2D eigenvalue weighted by Gasteiger charge is 2.26. The van der Waals surface area contributed by atoms with E-state index >= 15 is 0 Å². The number of carbonyl (C=O) groups excluding carboxylic acids is 3. The van der Waals surface area contributed by atoms with E-state index in [0.717, 1.165) is 66.2 Å². The van der Waals surface area contributed by atoms with Crippen LogP contribution in [0.3, 0.4) is 0 Å². The molecule has 0 aromatic carbocycles. The molecule has 6 rings (SSSR count). The minimum Gasteiger partial charge on any atom is -0.364 e. The van der Waals surface area contributed by atoms with E-state index in [1.54, 1.807) is 31.4 Å². The zero-order valence-electron chi connectivity index (χ0n) is 32.4. The summed E-state index contributed by atoms with van der Waals surface area (Å²) in [6, 6.07) is 3.83. The van der Waals surface area contributed by atoms with E-state index in [9.17, 15) is 14.4 Å². The molecule has 4 aromatic heterocycles. The average molecular weight is 793 g/mol. The normalized spacial score (nSPS) is 14.8. The summed E-state index contributed by atoms with van der Waals surface area (Å²) in [6.45, 7) is 7.04. The first-order valence-electron chi connectivity index (χ1n) is 18.4. The van der Waals surface area contributed by atoms with Crippen molar-refractivity contribution in [2.45, 2.75) is 58.8 Å². The number of nitrogens with two attached hydrogens (primary N) is 2. The fourth-order valence-electron chi connectivity index (χ4n) is 6.66. The van der Waals surface area contributed by atoms with E-state index < -0.39 is 11.8 Å². The number of rotatable bonds is 12. The lowest BCUT2D eigenvalue weighted by Gasteiger charge is -2.35. The Balaban J connectivity index is 0.000000214. The summed E-state index contributed by atoms with van der Waals surface area (Å²) in [5, 5.41) is 7.81. The molecule has 1 saturated carbocycles. The number of hydrogen-bond donors (Lipinski definition) is 4. The Bertz CT molecular complexity index is 1920. The second kappa shape index (κ2) is 18.9. The van der Waals surface area contributed by atoms with Crippen LogP contribution < -0.4 is 31.9 Å². The van der Waals surface area contributed by atoms with Gasteiger partial charge in [-0.1, -0.05) is 19.3 Å². The number of aryl methyl sites for hydroxylation is 2. The maximum absolute atomic E-state index is 12.1. The number of urea groups is 1. The summed E-state index contributed by atoms with van der Waals surface area (Å²) in [5.74, 6) is 1.98. The fourth-order valence-corrected chi connectivity index (χ4v) is 7.98. The first-order valence-corrected chi connectivity index (χ1v) is 19.9. The van der Waals surface area contributed by atoms with Gasteiger partial charge in [0.2, 0.25) is 0 Å². The molecule has 5 heterocycles. The minimum absolute atomic E-state index is 0.0590. The molecule has 0 atom stereocenters. The van der Waals surface area contributed by atoms with Crippen molar-refractivity contribution >= 4 is 74.2 Å². The molecule has 2 aliphatic rings. The molecule has 296 valence electrons. The molecule has 0 spiro atoms. The SMILES string of the molecule is Cc1cc(Nc2nc(N(C)CC3CCCCC3)cnc2C(N)=O)sn1.Cc1cc(Nc2nc(N(C)CC3CCN(C(=O)N(C)C)CC3)cnc2C(N)=O)sn1. The van der Waals surface area contributed by atoms with Crippen molar-refractivity contribution in [2.75, 3.05) is 74.8 Å². The van der Waals surface area contributed by atoms with E-state index in [-0.39, 0.29) is 17.4 Å². The van der Waals surface area contributed by atoms with Crippen LogP contribution in [-0.2, 0) is 0 Å². The molecule has 0 unspecified atom stereocenters. The fraction of sp³-hybridized carbons (Fsp3) is 0.528. The number of piperidine rings is 1. The van der Waals surface area contributed by atoms with Gasteiger partial charge >= 0.3 is 6.03 Å². The highest BCUT2D eigenvalue weighted by Crippen LogP contribution is 2.28. The van der Waals surface area contributed by atoms with Crippen LogP contribution >= 0.6 is 23.1 Å². The van der Waals surface area contributed by atoms with Crippen LogP contribution in [0.4, 0.5) is 38.1 Å². The Morgan fingerprint density at radius 2 is 1.16 bits per heavy atom. The molecule has 0 radical (unpaired) electrons. The van der Waals surface area contributed by atoms with Crippen molar-refractivity contribution in [1.82, 2.24) is 38.5 Å². The maximum Gasteiger partial charge on any atom is 0.319 e. The van der Waals surface area contributed by atoms with Gasteiger partial charge in [-0.05, 0) is 86.6 Å². The molecule has 17 nitrogen and oxygen atoms in total. The van der Waals surface area contributed by atoms with E-state index in [4.69, 9.17) is 11.5 Å². The van der Waals surface area contributed by atoms with Gasteiger partial charge in [-0.25, -0.2) is 24.7 Å². The van der Waals surface area contributed by atoms with E-state index in [1.165, 1.54) is 55.2 Å². The van der Waals surface area contributed by atoms with Crippen LogP contribution in [0.25, 0.3) is 0 Å². The van der Waals surface area contributed by atoms with Crippen molar-refractivity contribution in [3.8, 4) is 0 Å². The second-order valence-electron chi connectivity index (χ2n) is 14.4. The van der Waals surface area contributed by atoms with Gasteiger partial charge in [0, 0.05) is 54.4 Å². The summed E-state index contributed by atoms with van der Waals surface area (Å²) >= 11 is 2.59. The molecule has 55 heavy (non-hydrogen) atoms. The smallest absolute Gasteiger partial charge is 0.319 e. The van der Waals surface area contributed by atoms with Crippen molar-refractivity contribution in [1.29, 1.82) is 0 Å². The molecule has 2 fully saturated rings. The van der Waals surface area contributed by atoms with Gasteiger partial charge < -0.3 is 41.7 Å². The molecule has 0 bridgehead atoms. The molecule has 1 saturated heterocycles. The second-order valence-corrected chi connectivity index (χ2v) is 16.0. The Labute approximate surface area is 330 Å². The molecule has 1 aliphatic heterocycles. The molecule has 1 aliphatic carbocycles. The number of amides is 4. The Morgan fingerprint density at radius 1 is 0.727 bits per heavy atom. The lowest BCUT2D eigenvalue weighted by molar-refractivity contribution is 0.0987. The van der Waals surface area contributed by atoms with Crippen LogP contribution in [0.1, 0.15) is 77.3 Å². The summed E-state index contributed by atoms with van der Waals surface area (Å²) in [4.78, 5) is 60.8. The summed E-state index contributed by atoms with van der Waals surface area (Å²) < 4.78 is 8.45. The number of primary amides is 2. The van der Waals surface area contributed by atoms with Crippen LogP contribution in [0, 0.1) is 25.7 Å². The first-order chi connectivity index (χ1) is 26.3. The zero-order chi connectivity index (χ0) is 39.6. The number of carbonyl (C=O) groups is 3. The maximum atomic E-state index is 12.1. The predicted molar refractivity (Wildman–Crippen MR) is 218 cm³/mol. The van der Waals surface area contributed by atoms with Gasteiger partial charge in [0.25, 0.3) is 11.8 Å². The van der Waals surface area contributed by atoms with E-state index in [1.807, 2.05) is 49.9 Å². The van der Waals surface area contributed by atoms with E-state index in [0.29, 0.717) is 29.3 Å². The van der Waals surface area contributed by atoms with Crippen molar-refractivity contribution < 1.29 is 14.4 Å². The number of nitrogens with zero attached hydrogens (tertiary/aromatic N) is 10. The number of nitrogens with one attached hydrogen (secondary N) is 2. The standard InChI is InChI=1S/C19H28N8O2S.C17H24N6OS/c1-12-9-15(30-24-12)23-18-16(17(20)28)21-10-14(22-18)26(4)11-13-5-7-27(8-6-13)19(29)25(2)3;1-11-8-14(25-22-11)21-17-15(16(18)24)19-9-13(20-17)23(2)10-12-6-4-3-5-7-12/h9-10,13H,5-8,11H2,1-4H3,(H2,20,28)(H,22,23);8-9,12H,3-7,10H2,1-2H3,(H2,18,24)(H,20,21). The average Bonchev–Trinajstić information content (AvgIpc) is 3.77. The topological polar surface area (TPSA) is 218 Å². The number of aromatic nitrogens is 6. The van der Waals surface area contributed by atoms with Gasteiger partial charge in [-0.3, -0.25) is 9.59 Å². The quantitative estimate of drug-likeness (QED) is 0.148. The Kier molecular flexibility index (Phi) is 14.1. The lowest BCUT2D eigenvalue weighted by atomic mass is 9.89. The molecule has 6 N–H and O–H groups in total. The van der Waals surface area contributed by atoms with Crippen molar-refractivity contribution in [2.24, 2.45) is 23.3 Å². The van der Waals surface area contributed by atoms with Crippen LogP contribution in [-0.4, -0.2) is 111 Å². The Morgan fingerprint density at radius 3 is 1.55 bits per heavy atom. The van der Waals surface area contributed by atoms with Gasteiger partial charge in [0.15, 0.2) is 23.0 Å². The van der Waals surface area contributed by atoms with Gasteiger partial charge in [-0.2, -0.15) is 8.75 Å². The van der Waals surface area contributed by atoms with Crippen LogP contribution in [0.2, 0.25) is 0 Å². The van der Waals surface area contributed by atoms with Crippen molar-refractivity contribution in [3.05, 3.63) is 47.3 Å². The lowest BCUT2D eigenvalue weighted by Crippen LogP contribution is -2.45. The first kappa shape index (κ1) is 41.0. The van der Waals surface area contributed by atoms with E-state index in [2.05, 4.69) is 44.2 Å². The third-order valence-electron chi connectivity index (χ3n) is 9.56. The Hall–Kier alpha value is -5.17. The number of likely N-dealkylation sites (tertiary alicyclic amines) is 1. The zero-order valence-corrected chi connectivity index (χ0v) is 34.0. The minimum atomic E-state index is -0.640. The summed E-state index contributed by atoms with van der Waals surface area (Å²) in [6.07, 6.45) is 11.5. The van der Waals surface area contributed by atoms with Crippen LogP contribution in [0.5, 0.6) is 0 Å². The summed E-state index contributed by atoms with van der Waals surface area (Å²) in [5.41, 5.74) is 12.9. The van der Waals surface area contributed by atoms with Crippen LogP contribution in [0.15, 0.2) is 24.5 Å². The number of hydrogen-bond acceptors (Lipinski definition) is 15. The molecular formula is C36H52N14O3S2. The highest BCUT2D eigenvalue weighted by atomic mass is 32.1. The molecular weight excluding hydrogens is 741 g/mol. The highest BCUT2D eigenvalue weighted by molar-refractivity contribution is 7.10. The third-order valence-corrected chi connectivity index (χ3v) is 11.2. The van der Waals surface area contributed by atoms with Crippen molar-refractivity contribution in [3.63, 3.8) is 0 Å². The van der Waals surface area contributed by atoms with Gasteiger partial charge in [-0.15, -0.1) is 0 Å². The largest absolute Gasteiger partial charge is 0.364 e. The predicted octanol–water partition coefficient (Wildman–Crippen LogP) is 5.01. The summed E-state index contributed by atoms with van der Waals surface area (Å²) in [7, 11) is 7.51. The molecule has 4 amide bonds. The third kappa shape index (κ3) is 11.4. The van der Waals surface area contributed by atoms with Gasteiger partial charge in [0.1, 0.15) is 21.6 Å². The number of anilines is 6. The monoisotopic (exact) mass is 792 g/mol. The molecule has 4 aromatic rings. The van der Waals surface area contributed by atoms with Gasteiger partial charge in [0.05, 0.1) is 23.8 Å². The molecule has 19 heteroatoms.